The highest BCUT2D eigenvalue weighted by atomic mass is 16.6. The number of fused-ring (bicyclic) bond motifs is 1. The summed E-state index contributed by atoms with van der Waals surface area (Å²) in [4.78, 5) is 19.2. The summed E-state index contributed by atoms with van der Waals surface area (Å²) in [5, 5.41) is 10.9. The molecule has 208 valence electrons. The van der Waals surface area contributed by atoms with Gasteiger partial charge in [0.2, 0.25) is 0 Å². The Kier molecular flexibility index (Phi) is 7.53. The van der Waals surface area contributed by atoms with Crippen LogP contribution < -0.4 is 19.1 Å². The summed E-state index contributed by atoms with van der Waals surface area (Å²) < 4.78 is 24.5. The topological polar surface area (TPSA) is 108 Å². The fourth-order valence-corrected chi connectivity index (χ4v) is 4.94. The number of piperazine rings is 1. The van der Waals surface area contributed by atoms with Gasteiger partial charge in [0.25, 0.3) is 0 Å². The molecule has 2 aliphatic heterocycles. The summed E-state index contributed by atoms with van der Waals surface area (Å²) in [6, 6.07) is 20.4. The van der Waals surface area contributed by atoms with Gasteiger partial charge in [-0.1, -0.05) is 12.1 Å². The Morgan fingerprint density at radius 3 is 2.42 bits per heavy atom. The number of ether oxygens (including phenoxy) is 3. The van der Waals surface area contributed by atoms with Gasteiger partial charge in [0.15, 0.2) is 0 Å². The Morgan fingerprint density at radius 1 is 0.950 bits per heavy atom. The van der Waals surface area contributed by atoms with Crippen molar-refractivity contribution in [3.63, 3.8) is 0 Å². The van der Waals surface area contributed by atoms with E-state index in [2.05, 4.69) is 39.0 Å². The Bertz CT molecular complexity index is 1400. The number of nitro groups is 1. The van der Waals surface area contributed by atoms with Crippen LogP contribution in [-0.2, 0) is 19.7 Å². The van der Waals surface area contributed by atoms with E-state index < -0.39 is 4.92 Å². The second-order valence-corrected chi connectivity index (χ2v) is 9.94. The molecule has 0 saturated carbocycles. The van der Waals surface area contributed by atoms with E-state index in [0.717, 1.165) is 50.0 Å². The maximum absolute atomic E-state index is 10.9. The predicted octanol–water partition coefficient (Wildman–Crippen LogP) is 4.52. The van der Waals surface area contributed by atoms with E-state index in [0.29, 0.717) is 26.2 Å². The van der Waals surface area contributed by atoms with Crippen LogP contribution in [0.2, 0.25) is 0 Å². The van der Waals surface area contributed by atoms with Crippen LogP contribution in [0.5, 0.6) is 17.5 Å². The molecule has 0 amide bonds. The number of benzene rings is 2. The third-order valence-corrected chi connectivity index (χ3v) is 7.18. The Labute approximate surface area is 231 Å². The summed E-state index contributed by atoms with van der Waals surface area (Å²) in [6.07, 6.45) is 3.56. The molecule has 0 N–H and O–H groups in total. The normalized spacial score (nSPS) is 17.2. The Morgan fingerprint density at radius 2 is 1.70 bits per heavy atom. The molecule has 40 heavy (non-hydrogen) atoms. The van der Waals surface area contributed by atoms with Crippen LogP contribution in [0.25, 0.3) is 0 Å². The third kappa shape index (κ3) is 6.20. The number of furan rings is 1. The quantitative estimate of drug-likeness (QED) is 0.210. The zero-order chi connectivity index (χ0) is 27.3. The molecule has 0 radical (unpaired) electrons. The Balaban J connectivity index is 0.930. The van der Waals surface area contributed by atoms with Crippen molar-refractivity contribution >= 4 is 11.5 Å². The van der Waals surface area contributed by atoms with Gasteiger partial charge in [-0.15, -0.1) is 0 Å². The third-order valence-electron chi connectivity index (χ3n) is 7.18. The van der Waals surface area contributed by atoms with Gasteiger partial charge in [0, 0.05) is 56.4 Å². The zero-order valence-electron chi connectivity index (χ0n) is 22.1. The zero-order valence-corrected chi connectivity index (χ0v) is 22.1. The second-order valence-electron chi connectivity index (χ2n) is 9.94. The molecular formula is C29H31N5O6. The van der Waals surface area contributed by atoms with Crippen molar-refractivity contribution in [2.75, 3.05) is 37.7 Å². The summed E-state index contributed by atoms with van der Waals surface area (Å²) in [5.74, 6) is 2.21. The molecule has 0 unspecified atom stereocenters. The van der Waals surface area contributed by atoms with Crippen LogP contribution in [0.15, 0.2) is 77.5 Å². The number of aryl methyl sites for hydroxylation is 1. The molecule has 0 spiro atoms. The molecule has 2 aromatic heterocycles. The second kappa shape index (κ2) is 11.7. The smallest absolute Gasteiger partial charge is 0.414 e. The molecule has 4 aromatic rings. The van der Waals surface area contributed by atoms with Crippen molar-refractivity contribution in [3.8, 4) is 17.5 Å². The van der Waals surface area contributed by atoms with Crippen LogP contribution in [-0.4, -0.2) is 58.3 Å². The van der Waals surface area contributed by atoms with Gasteiger partial charge in [-0.3, -0.25) is 9.47 Å². The molecular weight excluding hydrogens is 514 g/mol. The lowest BCUT2D eigenvalue weighted by molar-refractivity contribution is -0.389. The minimum absolute atomic E-state index is 0.199. The van der Waals surface area contributed by atoms with Gasteiger partial charge >= 0.3 is 11.8 Å². The van der Waals surface area contributed by atoms with Crippen LogP contribution in [0.1, 0.15) is 17.7 Å². The van der Waals surface area contributed by atoms with Gasteiger partial charge in [-0.25, -0.2) is 0 Å². The molecule has 11 nitrogen and oxygen atoms in total. The van der Waals surface area contributed by atoms with Crippen molar-refractivity contribution < 1.29 is 23.6 Å². The molecule has 1 atom stereocenters. The highest BCUT2D eigenvalue weighted by Gasteiger charge is 2.28. The predicted molar refractivity (Wildman–Crippen MR) is 147 cm³/mol. The molecule has 0 aliphatic carbocycles. The van der Waals surface area contributed by atoms with Crippen LogP contribution in [0.4, 0.5) is 11.5 Å². The average molecular weight is 546 g/mol. The first-order valence-corrected chi connectivity index (χ1v) is 13.4. The monoisotopic (exact) mass is 545 g/mol. The lowest BCUT2D eigenvalue weighted by Crippen LogP contribution is -2.45. The first-order valence-electron chi connectivity index (χ1n) is 13.4. The minimum Gasteiger partial charge on any atom is -0.490 e. The number of imidazole rings is 1. The van der Waals surface area contributed by atoms with E-state index in [-0.39, 0.29) is 17.9 Å². The number of hydrogen-bond donors (Lipinski definition) is 0. The van der Waals surface area contributed by atoms with Crippen LogP contribution in [0.3, 0.4) is 0 Å². The van der Waals surface area contributed by atoms with E-state index in [1.54, 1.807) is 10.8 Å². The fraction of sp³-hybridized carbons (Fsp3) is 0.345. The van der Waals surface area contributed by atoms with E-state index in [9.17, 15) is 10.1 Å². The van der Waals surface area contributed by atoms with E-state index in [1.807, 2.05) is 36.4 Å². The van der Waals surface area contributed by atoms with Crippen molar-refractivity contribution in [1.82, 2.24) is 14.5 Å². The highest BCUT2D eigenvalue weighted by molar-refractivity contribution is 5.49. The van der Waals surface area contributed by atoms with Gasteiger partial charge in [0.1, 0.15) is 42.8 Å². The number of anilines is 1. The van der Waals surface area contributed by atoms with Crippen molar-refractivity contribution in [2.24, 2.45) is 0 Å². The van der Waals surface area contributed by atoms with Crippen molar-refractivity contribution in [3.05, 3.63) is 94.6 Å². The lowest BCUT2D eigenvalue weighted by Gasteiger charge is -2.36. The van der Waals surface area contributed by atoms with E-state index in [4.69, 9.17) is 18.6 Å². The number of nitrogens with zero attached hydrogens (tertiary/aromatic N) is 5. The summed E-state index contributed by atoms with van der Waals surface area (Å²) in [6.45, 7) is 6.20. The first kappa shape index (κ1) is 25.8. The number of aromatic nitrogens is 2. The fourth-order valence-electron chi connectivity index (χ4n) is 4.94. The number of rotatable bonds is 10. The summed E-state index contributed by atoms with van der Waals surface area (Å²) in [5.41, 5.74) is 2.44. The lowest BCUT2D eigenvalue weighted by atomic mass is 10.2. The largest absolute Gasteiger partial charge is 0.490 e. The average Bonchev–Trinajstić information content (AvgIpc) is 3.67. The molecule has 11 heteroatoms. The summed E-state index contributed by atoms with van der Waals surface area (Å²) in [7, 11) is 0. The van der Waals surface area contributed by atoms with Crippen molar-refractivity contribution in [1.29, 1.82) is 0 Å². The summed E-state index contributed by atoms with van der Waals surface area (Å²) >= 11 is 0. The van der Waals surface area contributed by atoms with Gasteiger partial charge in [-0.2, -0.15) is 0 Å². The standard InChI is InChI=1S/C29H31N5O6/c35-34(36)28-19-33-12-11-27(40-29(33)30-28)21-39-25-9-5-23(6-10-25)32-15-13-31(14-16-32)18-22-3-7-24(8-4-22)38-20-26-2-1-17-37-26/h1-10,17,19,27H,11-16,18,20-21H2/t27-/m1/s1. The minimum atomic E-state index is -0.512. The molecule has 2 aromatic carbocycles. The van der Waals surface area contributed by atoms with Gasteiger partial charge in [-0.05, 0) is 59.0 Å². The maximum Gasteiger partial charge on any atom is 0.414 e. The SMILES string of the molecule is O=[N+]([O-])c1cn2c(n1)O[C@@H](COc1ccc(N3CCN(Cc4ccc(OCc5ccco5)cc4)CC3)cc1)CC2. The van der Waals surface area contributed by atoms with Gasteiger partial charge < -0.3 is 33.6 Å². The first-order chi connectivity index (χ1) is 19.6. The highest BCUT2D eigenvalue weighted by Crippen LogP contribution is 2.26. The molecule has 6 rings (SSSR count). The molecule has 4 heterocycles. The van der Waals surface area contributed by atoms with Gasteiger partial charge in [0.05, 0.1) is 6.26 Å². The van der Waals surface area contributed by atoms with E-state index in [1.165, 1.54) is 17.4 Å². The molecule has 1 saturated heterocycles. The van der Waals surface area contributed by atoms with Crippen molar-refractivity contribution in [2.45, 2.75) is 32.2 Å². The van der Waals surface area contributed by atoms with E-state index >= 15 is 0 Å². The molecule has 2 aliphatic rings. The maximum atomic E-state index is 10.9. The van der Waals surface area contributed by atoms with Crippen LogP contribution in [0, 0.1) is 10.1 Å². The number of hydrogen-bond acceptors (Lipinski definition) is 9. The Hall–Kier alpha value is -4.51. The van der Waals surface area contributed by atoms with Crippen LogP contribution >= 0.6 is 0 Å². The molecule has 0 bridgehead atoms. The molecule has 1 fully saturated rings.